The first-order chi connectivity index (χ1) is 17.3. The van der Waals surface area contributed by atoms with Crippen molar-refractivity contribution in [1.82, 2.24) is 15.5 Å². The Labute approximate surface area is 219 Å². The van der Waals surface area contributed by atoms with Crippen LogP contribution in [0.5, 0.6) is 0 Å². The summed E-state index contributed by atoms with van der Waals surface area (Å²) in [5.41, 5.74) is 5.54. The zero-order valence-corrected chi connectivity index (χ0v) is 22.7. The van der Waals surface area contributed by atoms with Gasteiger partial charge in [0.25, 0.3) is 5.91 Å². The second kappa shape index (κ2) is 12.9. The van der Waals surface area contributed by atoms with E-state index in [4.69, 9.17) is 0 Å². The summed E-state index contributed by atoms with van der Waals surface area (Å²) in [7, 11) is 2.05. The summed E-state index contributed by atoms with van der Waals surface area (Å²) in [4.78, 5) is 15.4. The number of allylic oxidation sites excluding steroid dienone is 5. The number of fused-ring (bicyclic) bond motifs is 1. The number of hydrogen-bond acceptors (Lipinski definition) is 4. The lowest BCUT2D eigenvalue weighted by atomic mass is 10.0. The van der Waals surface area contributed by atoms with Crippen LogP contribution in [0.1, 0.15) is 47.5 Å². The Morgan fingerprint density at radius 1 is 1.03 bits per heavy atom. The van der Waals surface area contributed by atoms with Gasteiger partial charge in [0.1, 0.15) is 5.82 Å². The number of nitrogens with zero attached hydrogens (tertiary/aromatic N) is 1. The first kappa shape index (κ1) is 27.0. The minimum atomic E-state index is -0.000306. The van der Waals surface area contributed by atoms with Crippen molar-refractivity contribution in [2.24, 2.45) is 0 Å². The molecule has 0 atom stereocenters. The van der Waals surface area contributed by atoms with Gasteiger partial charge in [-0.25, -0.2) is 0 Å². The molecule has 3 aromatic rings. The molecule has 0 saturated carbocycles. The van der Waals surface area contributed by atoms with Gasteiger partial charge in [-0.2, -0.15) is 0 Å². The van der Waals surface area contributed by atoms with Gasteiger partial charge in [0.05, 0.1) is 4.88 Å². The highest BCUT2D eigenvalue weighted by molar-refractivity contribution is 7.20. The molecule has 0 spiro atoms. The van der Waals surface area contributed by atoms with Crippen molar-refractivity contribution < 1.29 is 4.79 Å². The summed E-state index contributed by atoms with van der Waals surface area (Å²) >= 11 is 1.54. The fraction of sp³-hybridized carbons (Fsp3) is 0.258. The average molecular weight is 500 g/mol. The molecular formula is C31H37N3OS. The number of unbranched alkanes of at least 4 members (excludes halogenated alkanes) is 1. The molecule has 1 amide bonds. The van der Waals surface area contributed by atoms with Gasteiger partial charge >= 0.3 is 0 Å². The molecule has 0 fully saturated rings. The second-order valence-corrected chi connectivity index (χ2v) is 10.0. The van der Waals surface area contributed by atoms with Crippen molar-refractivity contribution in [3.63, 3.8) is 0 Å². The molecule has 188 valence electrons. The van der Waals surface area contributed by atoms with E-state index in [0.717, 1.165) is 62.6 Å². The molecule has 4 nitrogen and oxygen atoms in total. The molecule has 0 unspecified atom stereocenters. The topological polar surface area (TPSA) is 44.4 Å². The van der Waals surface area contributed by atoms with Gasteiger partial charge in [-0.1, -0.05) is 61.7 Å². The zero-order valence-electron chi connectivity index (χ0n) is 21.9. The Kier molecular flexibility index (Phi) is 9.71. The highest BCUT2D eigenvalue weighted by Crippen LogP contribution is 2.25. The van der Waals surface area contributed by atoms with Crippen LogP contribution in [0, 0.1) is 6.92 Å². The molecule has 2 N–H and O–H groups in total. The van der Waals surface area contributed by atoms with Gasteiger partial charge < -0.3 is 15.5 Å². The van der Waals surface area contributed by atoms with Crippen LogP contribution in [0.2, 0.25) is 0 Å². The Bertz CT molecular complexity index is 1260. The minimum Gasteiger partial charge on any atom is -0.371 e. The summed E-state index contributed by atoms with van der Waals surface area (Å²) in [5.74, 6) is 0.982. The Balaban J connectivity index is 1.57. The first-order valence-corrected chi connectivity index (χ1v) is 13.1. The van der Waals surface area contributed by atoms with Crippen molar-refractivity contribution >= 4 is 32.9 Å². The summed E-state index contributed by atoms with van der Waals surface area (Å²) in [6.45, 7) is 15.9. The smallest absolute Gasteiger partial charge is 0.261 e. The molecule has 0 bridgehead atoms. The normalized spacial score (nSPS) is 12.2. The number of rotatable bonds is 12. The number of carbonyl (C=O) groups excluding carboxylic acids is 1. The van der Waals surface area contributed by atoms with Gasteiger partial charge in [0.2, 0.25) is 0 Å². The SMILES string of the molecule is C=C/C(C)=C(/C)N(C)/C(=C\C(=C)c1ccccc1C)NCCCCNC(=O)c1cc2ccccc2s1. The van der Waals surface area contributed by atoms with Gasteiger partial charge in [0.15, 0.2) is 0 Å². The molecule has 1 aromatic heterocycles. The lowest BCUT2D eigenvalue weighted by Crippen LogP contribution is -2.29. The van der Waals surface area contributed by atoms with E-state index in [-0.39, 0.29) is 5.91 Å². The van der Waals surface area contributed by atoms with Crippen LogP contribution in [-0.2, 0) is 0 Å². The summed E-state index contributed by atoms with van der Waals surface area (Å²) in [6.07, 6.45) is 5.79. The number of aryl methyl sites for hydroxylation is 1. The molecule has 0 aliphatic carbocycles. The maximum atomic E-state index is 12.5. The third-order valence-electron chi connectivity index (χ3n) is 6.39. The first-order valence-electron chi connectivity index (χ1n) is 12.3. The lowest BCUT2D eigenvalue weighted by molar-refractivity contribution is 0.0957. The Morgan fingerprint density at radius 3 is 2.39 bits per heavy atom. The molecule has 1 heterocycles. The van der Waals surface area contributed by atoms with Crippen molar-refractivity contribution in [3.8, 4) is 0 Å². The largest absolute Gasteiger partial charge is 0.371 e. The monoisotopic (exact) mass is 499 g/mol. The van der Waals surface area contributed by atoms with Crippen LogP contribution in [0.4, 0.5) is 0 Å². The van der Waals surface area contributed by atoms with E-state index in [0.29, 0.717) is 6.54 Å². The number of thiophene rings is 1. The summed E-state index contributed by atoms with van der Waals surface area (Å²) < 4.78 is 1.14. The van der Waals surface area contributed by atoms with Crippen LogP contribution >= 0.6 is 11.3 Å². The van der Waals surface area contributed by atoms with Crippen LogP contribution < -0.4 is 10.6 Å². The Morgan fingerprint density at radius 2 is 1.69 bits per heavy atom. The van der Waals surface area contributed by atoms with Gasteiger partial charge in [-0.05, 0) is 79.5 Å². The molecule has 0 saturated heterocycles. The number of benzene rings is 2. The quantitative estimate of drug-likeness (QED) is 0.203. The maximum absolute atomic E-state index is 12.5. The standard InChI is InChI=1S/C31H37N3OS/c1-7-22(2)25(5)34(6)30(20-24(4)27-16-10-8-14-23(27)3)32-18-12-13-19-33-31(35)29-21-26-15-9-11-17-28(26)36-29/h7-11,14-17,20-21,32H,1,4,12-13,18-19H2,2-3,5-6H3,(H,33,35)/b25-22-,30-20-. The average Bonchev–Trinajstić information content (AvgIpc) is 3.33. The van der Waals surface area contributed by atoms with Crippen molar-refractivity contribution in [2.75, 3.05) is 20.1 Å². The van der Waals surface area contributed by atoms with Crippen molar-refractivity contribution in [1.29, 1.82) is 0 Å². The highest BCUT2D eigenvalue weighted by atomic mass is 32.1. The van der Waals surface area contributed by atoms with E-state index < -0.39 is 0 Å². The van der Waals surface area contributed by atoms with Crippen molar-refractivity contribution in [3.05, 3.63) is 113 Å². The van der Waals surface area contributed by atoms with E-state index in [1.165, 1.54) is 16.9 Å². The molecule has 2 aromatic carbocycles. The Hall–Kier alpha value is -3.57. The fourth-order valence-electron chi connectivity index (χ4n) is 3.88. The van der Waals surface area contributed by atoms with Gasteiger partial charge in [-0.15, -0.1) is 11.3 Å². The van der Waals surface area contributed by atoms with Gasteiger partial charge in [0, 0.05) is 30.5 Å². The molecule has 3 rings (SSSR count). The van der Waals surface area contributed by atoms with Crippen molar-refractivity contribution in [2.45, 2.75) is 33.6 Å². The third-order valence-corrected chi connectivity index (χ3v) is 7.50. The lowest BCUT2D eigenvalue weighted by Gasteiger charge is -2.26. The van der Waals surface area contributed by atoms with Gasteiger partial charge in [-0.3, -0.25) is 4.79 Å². The van der Waals surface area contributed by atoms with E-state index >= 15 is 0 Å². The number of amides is 1. The fourth-order valence-corrected chi connectivity index (χ4v) is 4.86. The molecule has 0 radical (unpaired) electrons. The predicted molar refractivity (Wildman–Crippen MR) is 156 cm³/mol. The number of nitrogens with one attached hydrogen (secondary N) is 2. The second-order valence-electron chi connectivity index (χ2n) is 8.94. The van der Waals surface area contributed by atoms with E-state index in [1.807, 2.05) is 48.5 Å². The highest BCUT2D eigenvalue weighted by Gasteiger charge is 2.11. The summed E-state index contributed by atoms with van der Waals surface area (Å²) in [5, 5.41) is 7.76. The van der Waals surface area contributed by atoms with Crippen LogP contribution in [0.15, 0.2) is 97.0 Å². The maximum Gasteiger partial charge on any atom is 0.261 e. The number of hydrogen-bond donors (Lipinski definition) is 2. The van der Waals surface area contributed by atoms with E-state index in [9.17, 15) is 4.79 Å². The molecule has 0 aliphatic rings. The zero-order chi connectivity index (χ0) is 26.1. The third kappa shape index (κ3) is 6.98. The van der Waals surface area contributed by atoms with E-state index in [2.05, 4.69) is 74.7 Å². The minimum absolute atomic E-state index is 0.000306. The van der Waals surface area contributed by atoms with Crippen LogP contribution in [0.25, 0.3) is 15.7 Å². The van der Waals surface area contributed by atoms with Crippen LogP contribution in [-0.4, -0.2) is 30.9 Å². The molecule has 5 heteroatoms. The molecule has 0 aliphatic heterocycles. The molecular weight excluding hydrogens is 462 g/mol. The molecule has 36 heavy (non-hydrogen) atoms. The predicted octanol–water partition coefficient (Wildman–Crippen LogP) is 7.28. The summed E-state index contributed by atoms with van der Waals surface area (Å²) in [6, 6.07) is 18.3. The number of carbonyl (C=O) groups is 1. The van der Waals surface area contributed by atoms with Crippen LogP contribution in [0.3, 0.4) is 0 Å². The van der Waals surface area contributed by atoms with E-state index in [1.54, 1.807) is 0 Å².